The Hall–Kier alpha value is -1.71. The van der Waals surface area contributed by atoms with Crippen molar-refractivity contribution < 1.29 is 9.53 Å². The van der Waals surface area contributed by atoms with Crippen molar-refractivity contribution in [2.24, 2.45) is 0 Å². The molecule has 3 N–H and O–H groups in total. The van der Waals surface area contributed by atoms with Crippen molar-refractivity contribution in [2.75, 3.05) is 12.3 Å². The van der Waals surface area contributed by atoms with Crippen LogP contribution < -0.4 is 15.8 Å². The normalized spacial score (nSPS) is 20.1. The molecule has 98 valence electrons. The van der Waals surface area contributed by atoms with Crippen LogP contribution in [0.3, 0.4) is 0 Å². The van der Waals surface area contributed by atoms with Gasteiger partial charge in [0.05, 0.1) is 0 Å². The van der Waals surface area contributed by atoms with Gasteiger partial charge in [-0.05, 0) is 56.4 Å². The molecule has 0 bridgehead atoms. The standard InChI is InChI=1S/C14H20N2O2/c1-9-8-13(10(2)7-11(9)15)18-12-5-3-4-6-16-14(12)17/h7-8,12H,3-6,15H2,1-2H3,(H,16,17). The number of aryl methyl sites for hydroxylation is 2. The van der Waals surface area contributed by atoms with E-state index in [1.807, 2.05) is 26.0 Å². The molecule has 4 nitrogen and oxygen atoms in total. The van der Waals surface area contributed by atoms with Crippen LogP contribution in [0, 0.1) is 13.8 Å². The van der Waals surface area contributed by atoms with Gasteiger partial charge in [0.1, 0.15) is 5.75 Å². The molecule has 1 aliphatic rings. The van der Waals surface area contributed by atoms with E-state index >= 15 is 0 Å². The summed E-state index contributed by atoms with van der Waals surface area (Å²) in [5, 5.41) is 2.87. The maximum Gasteiger partial charge on any atom is 0.261 e. The second-order valence-corrected chi connectivity index (χ2v) is 4.87. The molecule has 18 heavy (non-hydrogen) atoms. The van der Waals surface area contributed by atoms with Crippen LogP contribution in [0.15, 0.2) is 12.1 Å². The number of nitrogens with two attached hydrogens (primary N) is 1. The molecule has 0 aliphatic carbocycles. The lowest BCUT2D eigenvalue weighted by molar-refractivity contribution is -0.127. The van der Waals surface area contributed by atoms with Gasteiger partial charge in [0, 0.05) is 12.2 Å². The molecule has 4 heteroatoms. The molecule has 1 aliphatic heterocycles. The maximum absolute atomic E-state index is 11.8. The summed E-state index contributed by atoms with van der Waals surface area (Å²) >= 11 is 0. The van der Waals surface area contributed by atoms with E-state index in [0.717, 1.165) is 48.4 Å². The Labute approximate surface area is 108 Å². The molecular formula is C14H20N2O2. The number of carbonyl (C=O) groups excluding carboxylic acids is 1. The number of benzene rings is 1. The number of hydrogen-bond donors (Lipinski definition) is 2. The number of carbonyl (C=O) groups is 1. The first kappa shape index (κ1) is 12.7. The summed E-state index contributed by atoms with van der Waals surface area (Å²) in [6.07, 6.45) is 2.42. The number of anilines is 1. The summed E-state index contributed by atoms with van der Waals surface area (Å²) in [5.74, 6) is 0.741. The van der Waals surface area contributed by atoms with Crippen LogP contribution in [-0.4, -0.2) is 18.6 Å². The fraction of sp³-hybridized carbons (Fsp3) is 0.500. The molecule has 0 saturated carbocycles. The molecule has 1 heterocycles. The van der Waals surface area contributed by atoms with E-state index in [9.17, 15) is 4.79 Å². The quantitative estimate of drug-likeness (QED) is 0.786. The molecule has 1 amide bonds. The van der Waals surface area contributed by atoms with Crippen molar-refractivity contribution in [3.8, 4) is 5.75 Å². The first-order valence-corrected chi connectivity index (χ1v) is 6.39. The number of rotatable bonds is 2. The van der Waals surface area contributed by atoms with Crippen LogP contribution in [0.2, 0.25) is 0 Å². The molecule has 0 spiro atoms. The van der Waals surface area contributed by atoms with Gasteiger partial charge in [-0.25, -0.2) is 0 Å². The van der Waals surface area contributed by atoms with Gasteiger partial charge in [-0.3, -0.25) is 4.79 Å². The topological polar surface area (TPSA) is 64.3 Å². The van der Waals surface area contributed by atoms with E-state index in [4.69, 9.17) is 10.5 Å². The van der Waals surface area contributed by atoms with Gasteiger partial charge in [-0.1, -0.05) is 0 Å². The van der Waals surface area contributed by atoms with E-state index in [-0.39, 0.29) is 12.0 Å². The minimum Gasteiger partial charge on any atom is -0.480 e. The lowest BCUT2D eigenvalue weighted by atomic mass is 10.1. The summed E-state index contributed by atoms with van der Waals surface area (Å²) < 4.78 is 5.85. The second-order valence-electron chi connectivity index (χ2n) is 4.87. The van der Waals surface area contributed by atoms with Gasteiger partial charge in [0.15, 0.2) is 6.10 Å². The molecule has 0 aromatic heterocycles. The van der Waals surface area contributed by atoms with E-state index in [2.05, 4.69) is 5.32 Å². The monoisotopic (exact) mass is 248 g/mol. The van der Waals surface area contributed by atoms with E-state index in [1.165, 1.54) is 0 Å². The summed E-state index contributed by atoms with van der Waals surface area (Å²) in [7, 11) is 0. The lowest BCUT2D eigenvalue weighted by Crippen LogP contribution is -2.36. The van der Waals surface area contributed by atoms with Gasteiger partial charge < -0.3 is 15.8 Å². The molecule has 1 aromatic carbocycles. The highest BCUT2D eigenvalue weighted by Crippen LogP contribution is 2.26. The van der Waals surface area contributed by atoms with Crippen molar-refractivity contribution >= 4 is 11.6 Å². The third-order valence-electron chi connectivity index (χ3n) is 3.32. The fourth-order valence-electron chi connectivity index (χ4n) is 2.12. The molecule has 1 unspecified atom stereocenters. The first-order chi connectivity index (χ1) is 8.58. The van der Waals surface area contributed by atoms with Gasteiger partial charge in [-0.15, -0.1) is 0 Å². The molecular weight excluding hydrogens is 228 g/mol. The highest BCUT2D eigenvalue weighted by atomic mass is 16.5. The Morgan fingerprint density at radius 3 is 2.83 bits per heavy atom. The zero-order valence-corrected chi connectivity index (χ0v) is 11.0. The van der Waals surface area contributed by atoms with E-state index in [1.54, 1.807) is 0 Å². The highest BCUT2D eigenvalue weighted by Gasteiger charge is 2.23. The average molecular weight is 248 g/mol. The summed E-state index contributed by atoms with van der Waals surface area (Å²) in [6.45, 7) is 4.63. The third-order valence-corrected chi connectivity index (χ3v) is 3.32. The highest BCUT2D eigenvalue weighted by molar-refractivity contribution is 5.81. The number of hydrogen-bond acceptors (Lipinski definition) is 3. The largest absolute Gasteiger partial charge is 0.480 e. The minimum atomic E-state index is -0.380. The van der Waals surface area contributed by atoms with Crippen molar-refractivity contribution in [3.05, 3.63) is 23.3 Å². The third kappa shape index (κ3) is 2.75. The summed E-state index contributed by atoms with van der Waals surface area (Å²) in [4.78, 5) is 11.8. The molecule has 0 radical (unpaired) electrons. The Kier molecular flexibility index (Phi) is 3.75. The van der Waals surface area contributed by atoms with Crippen LogP contribution in [-0.2, 0) is 4.79 Å². The average Bonchev–Trinajstić information content (AvgIpc) is 2.52. The Bertz CT molecular complexity index is 457. The Balaban J connectivity index is 2.17. The zero-order chi connectivity index (χ0) is 13.1. The summed E-state index contributed by atoms with van der Waals surface area (Å²) in [5.41, 5.74) is 8.54. The van der Waals surface area contributed by atoms with Gasteiger partial charge in [0.25, 0.3) is 5.91 Å². The molecule has 1 fully saturated rings. The Morgan fingerprint density at radius 2 is 2.06 bits per heavy atom. The molecule has 1 saturated heterocycles. The predicted octanol–water partition coefficient (Wildman–Crippen LogP) is 1.93. The van der Waals surface area contributed by atoms with Crippen LogP contribution in [0.5, 0.6) is 5.75 Å². The van der Waals surface area contributed by atoms with Crippen molar-refractivity contribution in [1.29, 1.82) is 0 Å². The SMILES string of the molecule is Cc1cc(OC2CCCCNC2=O)c(C)cc1N. The van der Waals surface area contributed by atoms with E-state index < -0.39 is 0 Å². The summed E-state index contributed by atoms with van der Waals surface area (Å²) in [6, 6.07) is 3.79. The number of amides is 1. The van der Waals surface area contributed by atoms with Crippen LogP contribution in [0.25, 0.3) is 0 Å². The maximum atomic E-state index is 11.8. The number of ether oxygens (including phenoxy) is 1. The van der Waals surface area contributed by atoms with Crippen molar-refractivity contribution in [1.82, 2.24) is 5.32 Å². The molecule has 1 aromatic rings. The van der Waals surface area contributed by atoms with Crippen molar-refractivity contribution in [3.63, 3.8) is 0 Å². The number of nitrogens with one attached hydrogen (secondary N) is 1. The smallest absolute Gasteiger partial charge is 0.261 e. The second kappa shape index (κ2) is 5.29. The Morgan fingerprint density at radius 1 is 1.28 bits per heavy atom. The van der Waals surface area contributed by atoms with Gasteiger partial charge >= 0.3 is 0 Å². The molecule has 2 rings (SSSR count). The minimum absolute atomic E-state index is 0.0126. The first-order valence-electron chi connectivity index (χ1n) is 6.39. The zero-order valence-electron chi connectivity index (χ0n) is 11.0. The van der Waals surface area contributed by atoms with E-state index in [0.29, 0.717) is 0 Å². The van der Waals surface area contributed by atoms with Crippen LogP contribution in [0.1, 0.15) is 30.4 Å². The van der Waals surface area contributed by atoms with Crippen LogP contribution in [0.4, 0.5) is 5.69 Å². The lowest BCUT2D eigenvalue weighted by Gasteiger charge is -2.18. The number of nitrogen functional groups attached to an aromatic ring is 1. The predicted molar refractivity (Wildman–Crippen MR) is 71.6 cm³/mol. The van der Waals surface area contributed by atoms with Crippen LogP contribution >= 0.6 is 0 Å². The van der Waals surface area contributed by atoms with Crippen molar-refractivity contribution in [2.45, 2.75) is 39.2 Å². The van der Waals surface area contributed by atoms with Gasteiger partial charge in [0.2, 0.25) is 0 Å². The van der Waals surface area contributed by atoms with Gasteiger partial charge in [-0.2, -0.15) is 0 Å². The fourth-order valence-corrected chi connectivity index (χ4v) is 2.12. The molecule has 1 atom stereocenters.